The van der Waals surface area contributed by atoms with Crippen LogP contribution in [0.15, 0.2) is 12.0 Å². The maximum Gasteiger partial charge on any atom is 0.0229 e. The molecule has 0 saturated carbocycles. The van der Waals surface area contributed by atoms with Crippen molar-refractivity contribution in [1.82, 2.24) is 4.90 Å². The van der Waals surface area contributed by atoms with Crippen LogP contribution < -0.4 is 0 Å². The summed E-state index contributed by atoms with van der Waals surface area (Å²) in [5.74, 6) is 0. The van der Waals surface area contributed by atoms with E-state index < -0.39 is 0 Å². The minimum atomic E-state index is 1.01. The second-order valence-corrected chi connectivity index (χ2v) is 2.05. The van der Waals surface area contributed by atoms with E-state index in [-0.39, 0.29) is 0 Å². The normalized spacial score (nSPS) is 7.83. The first-order valence-electron chi connectivity index (χ1n) is 1.76. The average molecular weight is 103 g/mol. The molecule has 0 aromatic rings. The molecule has 1 unspecified atom stereocenters. The van der Waals surface area contributed by atoms with Crippen LogP contribution in [0, 0.1) is 0 Å². The zero-order chi connectivity index (χ0) is 5.15. The van der Waals surface area contributed by atoms with Crippen molar-refractivity contribution < 1.29 is 0 Å². The van der Waals surface area contributed by atoms with Crippen molar-refractivity contribution in [2.75, 3.05) is 14.1 Å². The van der Waals surface area contributed by atoms with E-state index in [2.05, 4.69) is 15.8 Å². The quantitative estimate of drug-likeness (QED) is 0.445. The summed E-state index contributed by atoms with van der Waals surface area (Å²) in [5.41, 5.74) is 1.01. The first-order chi connectivity index (χ1) is 2.64. The Morgan fingerprint density at radius 3 is 1.83 bits per heavy atom. The maximum atomic E-state index is 3.64. The van der Waals surface area contributed by atoms with Gasteiger partial charge >= 0.3 is 0 Å². The molecule has 0 aromatic heterocycles. The molecule has 1 atom stereocenters. The van der Waals surface area contributed by atoms with Crippen LogP contribution in [0.25, 0.3) is 0 Å². The van der Waals surface area contributed by atoms with Gasteiger partial charge in [-0.25, -0.2) is 0 Å². The number of nitrogens with zero attached hydrogens (tertiary/aromatic N) is 1. The van der Waals surface area contributed by atoms with Gasteiger partial charge in [-0.05, 0) is 0 Å². The average Bonchev–Trinajstić information content (AvgIpc) is 1.36. The number of rotatable bonds is 1. The molecule has 0 radical (unpaired) electrons. The van der Waals surface area contributed by atoms with Crippen LogP contribution >= 0.6 is 9.24 Å². The van der Waals surface area contributed by atoms with Crippen LogP contribution in [-0.4, -0.2) is 19.0 Å². The maximum absolute atomic E-state index is 3.64. The zero-order valence-electron chi connectivity index (χ0n) is 4.23. The summed E-state index contributed by atoms with van der Waals surface area (Å²) >= 11 is 0. The lowest BCUT2D eigenvalue weighted by molar-refractivity contribution is 0.552. The second-order valence-electron chi connectivity index (χ2n) is 1.39. The first kappa shape index (κ1) is 5.97. The summed E-state index contributed by atoms with van der Waals surface area (Å²) in [6.07, 6.45) is 0. The summed E-state index contributed by atoms with van der Waals surface area (Å²) < 4.78 is 0. The largest absolute Gasteiger partial charge is 0.378 e. The van der Waals surface area contributed by atoms with E-state index >= 15 is 0 Å². The minimum Gasteiger partial charge on any atom is -0.378 e. The summed E-state index contributed by atoms with van der Waals surface area (Å²) in [5, 5.41) is 0. The Hall–Kier alpha value is -0.0300. The van der Waals surface area contributed by atoms with Crippen LogP contribution in [0.1, 0.15) is 0 Å². The Balaban J connectivity index is 3.26. The lowest BCUT2D eigenvalue weighted by atomic mass is 10.8. The molecule has 0 amide bonds. The van der Waals surface area contributed by atoms with Crippen LogP contribution in [0.2, 0.25) is 0 Å². The molecule has 0 heterocycles. The number of hydrogen-bond acceptors (Lipinski definition) is 1. The lowest BCUT2D eigenvalue weighted by Crippen LogP contribution is -2.03. The molecule has 0 rings (SSSR count). The standard InChI is InChI=1S/C4H10NP/c1-4(6)5(2)3/h1,6H2,2-3H3. The van der Waals surface area contributed by atoms with Gasteiger partial charge in [0.15, 0.2) is 0 Å². The van der Waals surface area contributed by atoms with Gasteiger partial charge in [0.2, 0.25) is 0 Å². The molecule has 0 spiro atoms. The van der Waals surface area contributed by atoms with Crippen molar-refractivity contribution in [2.45, 2.75) is 0 Å². The predicted molar refractivity (Wildman–Crippen MR) is 32.5 cm³/mol. The van der Waals surface area contributed by atoms with Gasteiger partial charge < -0.3 is 4.90 Å². The molecule has 0 N–H and O–H groups in total. The molecule has 0 aliphatic carbocycles. The molecule has 0 saturated heterocycles. The highest BCUT2D eigenvalue weighted by molar-refractivity contribution is 7.22. The molecule has 0 bridgehead atoms. The van der Waals surface area contributed by atoms with Crippen LogP contribution in [0.4, 0.5) is 0 Å². The van der Waals surface area contributed by atoms with Crippen molar-refractivity contribution in [3.05, 3.63) is 12.0 Å². The van der Waals surface area contributed by atoms with E-state index in [9.17, 15) is 0 Å². The van der Waals surface area contributed by atoms with Crippen LogP contribution in [-0.2, 0) is 0 Å². The van der Waals surface area contributed by atoms with Crippen molar-refractivity contribution in [3.8, 4) is 0 Å². The van der Waals surface area contributed by atoms with E-state index in [4.69, 9.17) is 0 Å². The van der Waals surface area contributed by atoms with Gasteiger partial charge in [0.05, 0.1) is 0 Å². The Morgan fingerprint density at radius 2 is 1.83 bits per heavy atom. The topological polar surface area (TPSA) is 3.24 Å². The van der Waals surface area contributed by atoms with Gasteiger partial charge in [0, 0.05) is 19.5 Å². The van der Waals surface area contributed by atoms with E-state index in [1.807, 2.05) is 19.0 Å². The molecular formula is C4H10NP. The highest BCUT2D eigenvalue weighted by Crippen LogP contribution is 2.01. The third kappa shape index (κ3) is 2.22. The van der Waals surface area contributed by atoms with Gasteiger partial charge in [-0.2, -0.15) is 0 Å². The van der Waals surface area contributed by atoms with Crippen LogP contribution in [0.5, 0.6) is 0 Å². The van der Waals surface area contributed by atoms with Crippen molar-refractivity contribution in [2.24, 2.45) is 0 Å². The van der Waals surface area contributed by atoms with Crippen molar-refractivity contribution >= 4 is 9.24 Å². The molecule has 0 aliphatic rings. The molecule has 1 nitrogen and oxygen atoms in total. The highest BCUT2D eigenvalue weighted by atomic mass is 31.0. The molecule has 0 fully saturated rings. The highest BCUT2D eigenvalue weighted by Gasteiger charge is 1.79. The Bertz CT molecular complexity index is 58.6. The molecule has 0 aliphatic heterocycles. The summed E-state index contributed by atoms with van der Waals surface area (Å²) in [6.45, 7) is 3.64. The lowest BCUT2D eigenvalue weighted by Gasteiger charge is -2.08. The summed E-state index contributed by atoms with van der Waals surface area (Å²) in [6, 6.07) is 0. The van der Waals surface area contributed by atoms with E-state index in [1.54, 1.807) is 0 Å². The van der Waals surface area contributed by atoms with Gasteiger partial charge in [-0.15, -0.1) is 0 Å². The summed E-state index contributed by atoms with van der Waals surface area (Å²) in [4.78, 5) is 1.94. The Labute approximate surface area is 41.2 Å². The van der Waals surface area contributed by atoms with E-state index in [0.29, 0.717) is 0 Å². The smallest absolute Gasteiger partial charge is 0.0229 e. The molecule has 36 valence electrons. The monoisotopic (exact) mass is 103 g/mol. The molecular weight excluding hydrogens is 93.0 g/mol. The molecule has 2 heteroatoms. The zero-order valence-corrected chi connectivity index (χ0v) is 5.39. The predicted octanol–water partition coefficient (Wildman–Crippen LogP) is 0.894. The van der Waals surface area contributed by atoms with E-state index in [0.717, 1.165) is 5.44 Å². The van der Waals surface area contributed by atoms with Crippen molar-refractivity contribution in [1.29, 1.82) is 0 Å². The summed E-state index contributed by atoms with van der Waals surface area (Å²) in [7, 11) is 6.41. The van der Waals surface area contributed by atoms with Gasteiger partial charge in [0.25, 0.3) is 0 Å². The van der Waals surface area contributed by atoms with Gasteiger partial charge in [-0.3, -0.25) is 0 Å². The third-order valence-electron chi connectivity index (χ3n) is 0.574. The van der Waals surface area contributed by atoms with Gasteiger partial charge in [-0.1, -0.05) is 15.8 Å². The van der Waals surface area contributed by atoms with E-state index in [1.165, 1.54) is 0 Å². The minimum absolute atomic E-state index is 1.01. The third-order valence-corrected chi connectivity index (χ3v) is 1.09. The fourth-order valence-corrected chi connectivity index (χ4v) is 0. The fraction of sp³-hybridized carbons (Fsp3) is 0.500. The molecule has 6 heavy (non-hydrogen) atoms. The fourth-order valence-electron chi connectivity index (χ4n) is 0. The Morgan fingerprint density at radius 1 is 1.67 bits per heavy atom. The second kappa shape index (κ2) is 2.20. The Kier molecular flexibility index (Phi) is 2.19. The SMILES string of the molecule is C=C(P)N(C)C. The van der Waals surface area contributed by atoms with Crippen molar-refractivity contribution in [3.63, 3.8) is 0 Å². The van der Waals surface area contributed by atoms with Gasteiger partial charge in [0.1, 0.15) is 0 Å². The molecule has 0 aromatic carbocycles. The van der Waals surface area contributed by atoms with Crippen LogP contribution in [0.3, 0.4) is 0 Å². The first-order valence-corrected chi connectivity index (χ1v) is 2.34. The number of hydrogen-bond donors (Lipinski definition) is 0.